The van der Waals surface area contributed by atoms with Crippen molar-refractivity contribution in [3.63, 3.8) is 0 Å². The zero-order valence-electron chi connectivity index (χ0n) is 3.53. The lowest BCUT2D eigenvalue weighted by molar-refractivity contribution is 0.471. The summed E-state index contributed by atoms with van der Waals surface area (Å²) < 4.78 is 0. The van der Waals surface area contributed by atoms with Crippen LogP contribution in [-0.2, 0) is 11.8 Å². The van der Waals surface area contributed by atoms with Gasteiger partial charge in [-0.2, -0.15) is 0 Å². The van der Waals surface area contributed by atoms with E-state index in [1.54, 1.807) is 0 Å². The second-order valence-corrected chi connectivity index (χ2v) is 3.75. The molecule has 0 heterocycles. The van der Waals surface area contributed by atoms with E-state index in [1.807, 2.05) is 0 Å². The molecule has 0 aliphatic carbocycles. The Labute approximate surface area is 46.9 Å². The van der Waals surface area contributed by atoms with Crippen LogP contribution in [0.4, 0.5) is 0 Å². The molecule has 5 heteroatoms. The first kappa shape index (κ1) is 7.11. The van der Waals surface area contributed by atoms with E-state index in [9.17, 15) is 0 Å². The molecule has 0 saturated heterocycles. The van der Waals surface area contributed by atoms with Gasteiger partial charge in [-0.05, 0) is 18.0 Å². The normalized spacial score (nSPS) is 10.6. The Bertz CT molecular complexity index is 108. The molecule has 0 aromatic carbocycles. The molecule has 0 unspecified atom stereocenters. The molecule has 0 atom stereocenters. The first-order valence-corrected chi connectivity index (χ1v) is 4.21. The molecule has 0 aliphatic heterocycles. The maximum absolute atomic E-state index is 8.32. The van der Waals surface area contributed by atoms with E-state index in [2.05, 4.69) is 23.5 Å². The average Bonchev–Trinajstić information content (AvgIpc) is 1.30. The largest absolute Gasteiger partial charge is 0.330 e. The fourth-order valence-corrected chi connectivity index (χ4v) is 0.580. The average molecular weight is 139 g/mol. The van der Waals surface area contributed by atoms with Gasteiger partial charge < -0.3 is 14.9 Å². The molecule has 0 rings (SSSR count). The summed E-state index contributed by atoms with van der Waals surface area (Å²) in [5.41, 5.74) is 0. The van der Waals surface area contributed by atoms with Gasteiger partial charge in [-0.1, -0.05) is 6.58 Å². The summed E-state index contributed by atoms with van der Waals surface area (Å²) in [5, 5.41) is 2.09. The Morgan fingerprint density at radius 2 is 2.14 bits per heavy atom. The Morgan fingerprint density at radius 1 is 1.71 bits per heavy atom. The van der Waals surface area contributed by atoms with Crippen LogP contribution in [0.2, 0.25) is 0 Å². The number of nitrogens with one attached hydrogen (secondary N) is 1. The highest BCUT2D eigenvalue weighted by Crippen LogP contribution is 2.27. The van der Waals surface area contributed by atoms with Gasteiger partial charge in [0.05, 0.1) is 0 Å². The van der Waals surface area contributed by atoms with Gasteiger partial charge in [0.1, 0.15) is 0 Å². The van der Waals surface area contributed by atoms with E-state index in [0.717, 1.165) is 6.20 Å². The summed E-state index contributed by atoms with van der Waals surface area (Å²) in [6.07, 6.45) is 1.15. The molecule has 42 valence electrons. The predicted octanol–water partition coefficient (Wildman–Crippen LogP) is -0.0714. The molecule has 0 saturated carbocycles. The fourth-order valence-electron chi connectivity index (χ4n) is 0.119. The quantitative estimate of drug-likeness (QED) is 0.469. The molecular formula is C2H6NO2PS. The number of hydrogen-bond donors (Lipinski definition) is 3. The zero-order chi connectivity index (χ0) is 5.91. The maximum Gasteiger partial charge on any atom is 0.281 e. The third-order valence-corrected chi connectivity index (χ3v) is 1.09. The topological polar surface area (TPSA) is 52.5 Å². The highest BCUT2D eigenvalue weighted by Gasteiger charge is 1.98. The van der Waals surface area contributed by atoms with Crippen LogP contribution < -0.4 is 5.09 Å². The molecule has 0 radical (unpaired) electrons. The molecule has 0 aromatic heterocycles. The summed E-state index contributed by atoms with van der Waals surface area (Å²) in [7, 11) is 0. The van der Waals surface area contributed by atoms with Gasteiger partial charge >= 0.3 is 0 Å². The molecule has 7 heavy (non-hydrogen) atoms. The third kappa shape index (κ3) is 6.11. The van der Waals surface area contributed by atoms with Crippen molar-refractivity contribution in [2.45, 2.75) is 0 Å². The lowest BCUT2D eigenvalue weighted by Crippen LogP contribution is -1.96. The van der Waals surface area contributed by atoms with E-state index < -0.39 is 6.64 Å². The number of rotatable bonds is 2. The summed E-state index contributed by atoms with van der Waals surface area (Å²) >= 11 is 4.12. The molecule has 0 spiro atoms. The predicted molar refractivity (Wildman–Crippen MR) is 32.1 cm³/mol. The summed E-state index contributed by atoms with van der Waals surface area (Å²) in [6, 6.07) is 0. The fraction of sp³-hybridized carbons (Fsp3) is 0. The van der Waals surface area contributed by atoms with Crippen LogP contribution in [0, 0.1) is 0 Å². The van der Waals surface area contributed by atoms with Crippen LogP contribution in [0.3, 0.4) is 0 Å². The summed E-state index contributed by atoms with van der Waals surface area (Å²) in [4.78, 5) is 16.6. The van der Waals surface area contributed by atoms with Gasteiger partial charge in [0.25, 0.3) is 6.64 Å². The minimum atomic E-state index is -3.20. The molecular weight excluding hydrogens is 133 g/mol. The molecule has 0 fully saturated rings. The Morgan fingerprint density at radius 3 is 2.14 bits per heavy atom. The van der Waals surface area contributed by atoms with Crippen LogP contribution in [0.15, 0.2) is 12.8 Å². The summed E-state index contributed by atoms with van der Waals surface area (Å²) in [6.45, 7) is -0.0244. The van der Waals surface area contributed by atoms with E-state index in [1.165, 1.54) is 0 Å². The van der Waals surface area contributed by atoms with Crippen molar-refractivity contribution in [3.05, 3.63) is 12.8 Å². The van der Waals surface area contributed by atoms with E-state index in [-0.39, 0.29) is 0 Å². The second-order valence-electron chi connectivity index (χ2n) is 0.877. The van der Waals surface area contributed by atoms with Crippen molar-refractivity contribution in [2.75, 3.05) is 0 Å². The second kappa shape index (κ2) is 2.43. The van der Waals surface area contributed by atoms with Gasteiger partial charge in [0.15, 0.2) is 0 Å². The van der Waals surface area contributed by atoms with Gasteiger partial charge in [-0.3, -0.25) is 0 Å². The number of hydrogen-bond acceptors (Lipinski definition) is 1. The van der Waals surface area contributed by atoms with Gasteiger partial charge in [0, 0.05) is 0 Å². The Hall–Kier alpha value is 0.110. The van der Waals surface area contributed by atoms with E-state index >= 15 is 0 Å². The van der Waals surface area contributed by atoms with Crippen LogP contribution >= 0.6 is 6.64 Å². The Kier molecular flexibility index (Phi) is 2.46. The lowest BCUT2D eigenvalue weighted by atomic mass is 11.1. The van der Waals surface area contributed by atoms with Gasteiger partial charge in [0.2, 0.25) is 0 Å². The SMILES string of the molecule is C=CNP(O)(O)=S. The molecule has 0 aliphatic rings. The third-order valence-electron chi connectivity index (χ3n) is 0.259. The smallest absolute Gasteiger partial charge is 0.281 e. The van der Waals surface area contributed by atoms with Crippen molar-refractivity contribution in [2.24, 2.45) is 0 Å². The zero-order valence-corrected chi connectivity index (χ0v) is 5.25. The molecule has 0 amide bonds. The highest BCUT2D eigenvalue weighted by molar-refractivity contribution is 8.08. The Balaban J connectivity index is 3.57. The van der Waals surface area contributed by atoms with Crippen molar-refractivity contribution in [3.8, 4) is 0 Å². The van der Waals surface area contributed by atoms with Crippen LogP contribution in [0.25, 0.3) is 0 Å². The van der Waals surface area contributed by atoms with Gasteiger partial charge in [-0.15, -0.1) is 0 Å². The molecule has 0 bridgehead atoms. The highest BCUT2D eigenvalue weighted by atomic mass is 32.5. The standard InChI is InChI=1S/C2H6NO2PS/c1-2-3-6(4,5)7/h2H,1H2,(H3,3,4,5,7). The van der Waals surface area contributed by atoms with Crippen LogP contribution in [-0.4, -0.2) is 9.79 Å². The van der Waals surface area contributed by atoms with Crippen molar-refractivity contribution < 1.29 is 9.79 Å². The van der Waals surface area contributed by atoms with E-state index in [0.29, 0.717) is 0 Å². The summed E-state index contributed by atoms with van der Waals surface area (Å²) in [5.74, 6) is 0. The van der Waals surface area contributed by atoms with Crippen molar-refractivity contribution >= 4 is 18.4 Å². The maximum atomic E-state index is 8.32. The minimum absolute atomic E-state index is 1.15. The van der Waals surface area contributed by atoms with E-state index in [4.69, 9.17) is 9.79 Å². The molecule has 0 aromatic rings. The minimum Gasteiger partial charge on any atom is -0.330 e. The first-order valence-electron chi connectivity index (χ1n) is 1.50. The van der Waals surface area contributed by atoms with Crippen LogP contribution in [0.1, 0.15) is 0 Å². The molecule has 3 nitrogen and oxygen atoms in total. The van der Waals surface area contributed by atoms with Crippen LogP contribution in [0.5, 0.6) is 0 Å². The van der Waals surface area contributed by atoms with Crippen molar-refractivity contribution in [1.29, 1.82) is 0 Å². The lowest BCUT2D eigenvalue weighted by Gasteiger charge is -2.02. The van der Waals surface area contributed by atoms with Gasteiger partial charge in [-0.25, -0.2) is 0 Å². The monoisotopic (exact) mass is 139 g/mol. The van der Waals surface area contributed by atoms with Crippen molar-refractivity contribution in [1.82, 2.24) is 5.09 Å². The first-order chi connectivity index (χ1) is 3.06. The molecule has 3 N–H and O–H groups in total.